The first-order valence-corrected chi connectivity index (χ1v) is 15.8. The molecule has 230 valence electrons. The molecule has 1 aliphatic rings. The Morgan fingerprint density at radius 3 is 2.38 bits per heavy atom. The molecule has 42 heavy (non-hydrogen) atoms. The molecule has 1 saturated carbocycles. The Balaban J connectivity index is 1.70. The van der Waals surface area contributed by atoms with Crippen LogP contribution in [0.1, 0.15) is 76.9 Å². The van der Waals surface area contributed by atoms with Crippen molar-refractivity contribution in [2.75, 3.05) is 5.32 Å². The maximum atomic E-state index is 14.3. The summed E-state index contributed by atoms with van der Waals surface area (Å²) in [5, 5.41) is 12.6. The number of halogens is 3. The van der Waals surface area contributed by atoms with E-state index >= 15 is 0 Å². The molecule has 3 aromatic rings. The third kappa shape index (κ3) is 8.01. The van der Waals surface area contributed by atoms with Crippen LogP contribution in [0.15, 0.2) is 35.4 Å². The largest absolute Gasteiger partial charge is 0.447 e. The Labute approximate surface area is 246 Å². The van der Waals surface area contributed by atoms with Gasteiger partial charge in [0.15, 0.2) is 5.69 Å². The van der Waals surface area contributed by atoms with Crippen LogP contribution in [0, 0.1) is 0 Å². The van der Waals surface area contributed by atoms with Crippen LogP contribution in [-0.4, -0.2) is 47.4 Å². The third-order valence-electron chi connectivity index (χ3n) is 6.39. The monoisotopic (exact) mass is 628 g/mol. The van der Waals surface area contributed by atoms with Gasteiger partial charge < -0.3 is 15.4 Å². The quantitative estimate of drug-likeness (QED) is 0.222. The van der Waals surface area contributed by atoms with Gasteiger partial charge >= 0.3 is 12.3 Å². The first kappa shape index (κ1) is 31.8. The molecule has 0 spiro atoms. The molecule has 2 aromatic heterocycles. The van der Waals surface area contributed by atoms with Gasteiger partial charge in [0.25, 0.3) is 0 Å². The molecule has 1 aromatic carbocycles. The van der Waals surface area contributed by atoms with E-state index in [4.69, 9.17) is 4.74 Å². The van der Waals surface area contributed by atoms with Crippen LogP contribution >= 0.6 is 11.3 Å². The summed E-state index contributed by atoms with van der Waals surface area (Å²) < 4.78 is 77.8. The summed E-state index contributed by atoms with van der Waals surface area (Å²) in [5.41, 5.74) is -1.75. The molecule has 0 atom stereocenters. The van der Waals surface area contributed by atoms with E-state index in [0.717, 1.165) is 11.3 Å². The van der Waals surface area contributed by atoms with Crippen LogP contribution in [0.25, 0.3) is 10.4 Å². The number of aromatic amines is 1. The van der Waals surface area contributed by atoms with Gasteiger partial charge in [0.05, 0.1) is 27.1 Å². The van der Waals surface area contributed by atoms with Crippen molar-refractivity contribution in [3.8, 4) is 10.4 Å². The number of thiazole rings is 1. The molecule has 10 nitrogen and oxygen atoms in total. The van der Waals surface area contributed by atoms with Crippen molar-refractivity contribution < 1.29 is 31.1 Å². The number of alkyl halides is 3. The zero-order valence-electron chi connectivity index (χ0n) is 23.9. The van der Waals surface area contributed by atoms with Crippen molar-refractivity contribution >= 4 is 39.0 Å². The summed E-state index contributed by atoms with van der Waals surface area (Å²) in [6.45, 7) is 8.44. The predicted octanol–water partition coefficient (Wildman–Crippen LogP) is 6.53. The highest BCUT2D eigenvalue weighted by Gasteiger charge is 2.41. The van der Waals surface area contributed by atoms with Gasteiger partial charge in [-0.25, -0.2) is 22.9 Å². The maximum absolute atomic E-state index is 14.3. The minimum atomic E-state index is -4.81. The molecule has 0 radical (unpaired) electrons. The Bertz CT molecular complexity index is 1490. The van der Waals surface area contributed by atoms with Gasteiger partial charge in [-0.2, -0.15) is 18.3 Å². The lowest BCUT2D eigenvalue weighted by molar-refractivity contribution is -0.140. The second-order valence-electron chi connectivity index (χ2n) is 11.5. The zero-order valence-corrected chi connectivity index (χ0v) is 25.6. The molecular formula is C27H35F3N6O4S2. The van der Waals surface area contributed by atoms with E-state index in [1.165, 1.54) is 24.4 Å². The molecule has 1 amide bonds. The molecule has 0 unspecified atom stereocenters. The SMILES string of the molecule is CC(C)OC(=O)N[C@H]1CC[C@H](c2nc(C(F)(F)F)c(-c3ccc(Nc4ccn[nH]4)cc3S(=O)(=O)NC(C)(C)C)s2)CC1. The first-order valence-electron chi connectivity index (χ1n) is 13.5. The molecule has 4 rings (SSSR count). The van der Waals surface area contributed by atoms with Crippen molar-refractivity contribution in [3.05, 3.63) is 41.2 Å². The molecule has 2 heterocycles. The van der Waals surface area contributed by atoms with Crippen LogP contribution in [0.5, 0.6) is 0 Å². The second-order valence-corrected chi connectivity index (χ2v) is 14.2. The van der Waals surface area contributed by atoms with Crippen LogP contribution < -0.4 is 15.4 Å². The molecule has 4 N–H and O–H groups in total. The normalized spacial score (nSPS) is 18.2. The van der Waals surface area contributed by atoms with Crippen LogP contribution in [0.2, 0.25) is 0 Å². The van der Waals surface area contributed by atoms with E-state index in [1.807, 2.05) is 0 Å². The number of H-pyrrole nitrogens is 1. The lowest BCUT2D eigenvalue weighted by Crippen LogP contribution is -2.40. The Morgan fingerprint density at radius 1 is 1.12 bits per heavy atom. The number of alkyl carbamates (subject to hydrolysis) is 1. The lowest BCUT2D eigenvalue weighted by Gasteiger charge is -2.28. The number of carbonyl (C=O) groups excluding carboxylic acids is 1. The van der Waals surface area contributed by atoms with Crippen molar-refractivity contribution in [1.29, 1.82) is 0 Å². The Morgan fingerprint density at radius 2 is 1.81 bits per heavy atom. The van der Waals surface area contributed by atoms with Gasteiger partial charge in [-0.1, -0.05) is 6.07 Å². The van der Waals surface area contributed by atoms with E-state index in [0.29, 0.717) is 37.2 Å². The van der Waals surface area contributed by atoms with E-state index in [2.05, 4.69) is 30.5 Å². The number of hydrogen-bond acceptors (Lipinski definition) is 8. The fourth-order valence-corrected chi connectivity index (χ4v) is 7.75. The summed E-state index contributed by atoms with van der Waals surface area (Å²) in [7, 11) is -4.26. The maximum Gasteiger partial charge on any atom is 0.434 e. The number of nitrogens with one attached hydrogen (secondary N) is 4. The average Bonchev–Trinajstić information content (AvgIpc) is 3.53. The molecule has 0 saturated heterocycles. The van der Waals surface area contributed by atoms with Gasteiger partial charge in [0, 0.05) is 34.8 Å². The Hall–Kier alpha value is -3.17. The topological polar surface area (TPSA) is 138 Å². The zero-order chi connectivity index (χ0) is 30.9. The van der Waals surface area contributed by atoms with Gasteiger partial charge in [-0.3, -0.25) is 5.10 Å². The number of rotatable bonds is 8. The molecule has 1 fully saturated rings. The molecule has 0 aliphatic heterocycles. The second kappa shape index (κ2) is 12.2. The minimum absolute atomic E-state index is 0.0928. The van der Waals surface area contributed by atoms with E-state index in [1.54, 1.807) is 40.7 Å². The minimum Gasteiger partial charge on any atom is -0.447 e. The lowest BCUT2D eigenvalue weighted by atomic mass is 9.86. The number of anilines is 2. The summed E-state index contributed by atoms with van der Waals surface area (Å²) in [4.78, 5) is 15.4. The van der Waals surface area contributed by atoms with E-state index in [-0.39, 0.29) is 38.4 Å². The molecular weight excluding hydrogens is 593 g/mol. The summed E-state index contributed by atoms with van der Waals surface area (Å²) >= 11 is 0.857. The number of sulfonamides is 1. The number of carbonyl (C=O) groups is 1. The highest BCUT2D eigenvalue weighted by Crippen LogP contribution is 2.46. The number of ether oxygens (including phenoxy) is 1. The predicted molar refractivity (Wildman–Crippen MR) is 154 cm³/mol. The summed E-state index contributed by atoms with van der Waals surface area (Å²) in [5.74, 6) is 0.214. The van der Waals surface area contributed by atoms with Crippen LogP contribution in [0.3, 0.4) is 0 Å². The first-order chi connectivity index (χ1) is 19.5. The van der Waals surface area contributed by atoms with Crippen molar-refractivity contribution in [2.24, 2.45) is 0 Å². The fraction of sp³-hybridized carbons (Fsp3) is 0.519. The van der Waals surface area contributed by atoms with Gasteiger partial charge in [-0.15, -0.1) is 11.3 Å². The van der Waals surface area contributed by atoms with Gasteiger partial charge in [0.2, 0.25) is 10.0 Å². The highest BCUT2D eigenvalue weighted by molar-refractivity contribution is 7.89. The van der Waals surface area contributed by atoms with E-state index < -0.39 is 33.5 Å². The van der Waals surface area contributed by atoms with Crippen LogP contribution in [0.4, 0.5) is 29.5 Å². The number of hydrogen-bond donors (Lipinski definition) is 4. The van der Waals surface area contributed by atoms with Gasteiger partial charge in [0.1, 0.15) is 5.82 Å². The summed E-state index contributed by atoms with van der Waals surface area (Å²) in [6, 6.07) is 5.66. The van der Waals surface area contributed by atoms with Gasteiger partial charge in [-0.05, 0) is 72.4 Å². The van der Waals surface area contributed by atoms with Crippen molar-refractivity contribution in [2.45, 2.75) is 95.0 Å². The smallest absolute Gasteiger partial charge is 0.434 e. The van der Waals surface area contributed by atoms with Crippen molar-refractivity contribution in [1.82, 2.24) is 25.2 Å². The molecule has 0 bridgehead atoms. The molecule has 1 aliphatic carbocycles. The fourth-order valence-electron chi connectivity index (χ4n) is 4.73. The van der Waals surface area contributed by atoms with Crippen molar-refractivity contribution in [3.63, 3.8) is 0 Å². The number of nitrogens with zero attached hydrogens (tertiary/aromatic N) is 2. The van der Waals surface area contributed by atoms with E-state index in [9.17, 15) is 26.4 Å². The molecule has 15 heteroatoms. The highest BCUT2D eigenvalue weighted by atomic mass is 32.2. The number of amides is 1. The standard InChI is InChI=1S/C27H35F3N6O4S2/c1-15(2)40-25(37)33-17-8-6-16(7-9-17)24-34-23(27(28,29)30)22(41-24)19-11-10-18(32-21-12-13-31-35-21)14-20(19)42(38,39)36-26(3,4)5/h10-17,36H,6-9H2,1-5H3,(H,33,37)(H2,31,32,35)/t16-,17-. The number of aromatic nitrogens is 3. The third-order valence-corrected chi connectivity index (χ3v) is 9.44. The van der Waals surface area contributed by atoms with Crippen LogP contribution in [-0.2, 0) is 20.9 Å². The number of benzene rings is 1. The summed E-state index contributed by atoms with van der Waals surface area (Å²) in [6.07, 6.45) is -1.96. The average molecular weight is 629 g/mol. The Kier molecular flexibility index (Phi) is 9.23.